The second-order valence-electron chi connectivity index (χ2n) is 7.82. The lowest BCUT2D eigenvalue weighted by atomic mass is 10.2. The molecule has 4 rings (SSSR count). The third kappa shape index (κ3) is 4.43. The van der Waals surface area contributed by atoms with Crippen LogP contribution < -0.4 is 5.32 Å². The molecule has 0 fully saturated rings. The van der Waals surface area contributed by atoms with Gasteiger partial charge in [-0.05, 0) is 50.6 Å². The average Bonchev–Trinajstić information content (AvgIpc) is 3.17. The zero-order valence-electron chi connectivity index (χ0n) is 18.9. The zero-order chi connectivity index (χ0) is 23.9. The molecule has 1 N–H and O–H groups in total. The standard InChI is InChI=1S/C22H24N6O3S2/c1-13-10-11-16(33(30,31)27(4)5)12-19(13)24-21(29)14(2)32-22-25-18-9-7-6-8-17(18)20-23-15(3)26-28(20)22/h6-12,14H,1-5H3,(H,24,29). The fourth-order valence-electron chi connectivity index (χ4n) is 3.26. The van der Waals surface area contributed by atoms with E-state index in [0.717, 1.165) is 20.8 Å². The van der Waals surface area contributed by atoms with E-state index in [1.54, 1.807) is 17.5 Å². The number of thioether (sulfide) groups is 1. The van der Waals surface area contributed by atoms with Gasteiger partial charge in [0.25, 0.3) is 0 Å². The van der Waals surface area contributed by atoms with E-state index >= 15 is 0 Å². The molecule has 2 heterocycles. The molecule has 9 nitrogen and oxygen atoms in total. The van der Waals surface area contributed by atoms with Crippen LogP contribution in [0.2, 0.25) is 0 Å². The van der Waals surface area contributed by atoms with E-state index in [1.807, 2.05) is 38.1 Å². The number of anilines is 1. The average molecular weight is 485 g/mol. The number of carbonyl (C=O) groups is 1. The number of sulfonamides is 1. The molecule has 2 aromatic heterocycles. The number of nitrogens with zero attached hydrogens (tertiary/aromatic N) is 5. The molecule has 172 valence electrons. The maximum atomic E-state index is 13.0. The predicted molar refractivity (Wildman–Crippen MR) is 129 cm³/mol. The summed E-state index contributed by atoms with van der Waals surface area (Å²) in [5.41, 5.74) is 2.66. The van der Waals surface area contributed by atoms with Gasteiger partial charge in [-0.2, -0.15) is 4.52 Å². The molecule has 1 atom stereocenters. The van der Waals surface area contributed by atoms with Crippen molar-refractivity contribution < 1.29 is 13.2 Å². The lowest BCUT2D eigenvalue weighted by molar-refractivity contribution is -0.115. The van der Waals surface area contributed by atoms with Gasteiger partial charge in [0.15, 0.2) is 10.8 Å². The van der Waals surface area contributed by atoms with Crippen molar-refractivity contribution in [1.29, 1.82) is 0 Å². The lowest BCUT2D eigenvalue weighted by Crippen LogP contribution is -2.25. The van der Waals surface area contributed by atoms with Crippen LogP contribution in [0.25, 0.3) is 16.6 Å². The molecule has 0 bridgehead atoms. The normalized spacial score (nSPS) is 13.0. The lowest BCUT2D eigenvalue weighted by Gasteiger charge is -2.16. The SMILES string of the molecule is Cc1nc2c3ccccc3nc(SC(C)C(=O)Nc3cc(S(=O)(=O)N(C)C)ccc3C)n2n1. The van der Waals surface area contributed by atoms with Gasteiger partial charge in [-0.15, -0.1) is 5.10 Å². The molecule has 0 saturated heterocycles. The molecule has 0 spiro atoms. The summed E-state index contributed by atoms with van der Waals surface area (Å²) >= 11 is 1.26. The highest BCUT2D eigenvalue weighted by Gasteiger charge is 2.22. The minimum atomic E-state index is -3.62. The first-order valence-electron chi connectivity index (χ1n) is 10.2. The Balaban J connectivity index is 1.62. The molecule has 11 heteroatoms. The summed E-state index contributed by atoms with van der Waals surface area (Å²) < 4.78 is 27.7. The summed E-state index contributed by atoms with van der Waals surface area (Å²) in [4.78, 5) is 22.3. The molecule has 2 aromatic carbocycles. The van der Waals surface area contributed by atoms with Crippen molar-refractivity contribution in [2.45, 2.75) is 36.1 Å². The number of carbonyl (C=O) groups excluding carboxylic acids is 1. The first kappa shape index (κ1) is 23.1. The van der Waals surface area contributed by atoms with Crippen LogP contribution in [0.1, 0.15) is 18.3 Å². The third-order valence-corrected chi connectivity index (χ3v) is 8.01. The van der Waals surface area contributed by atoms with Crippen LogP contribution in [0.15, 0.2) is 52.5 Å². The number of aryl methyl sites for hydroxylation is 2. The highest BCUT2D eigenvalue weighted by Crippen LogP contribution is 2.28. The predicted octanol–water partition coefficient (Wildman–Crippen LogP) is 3.26. The quantitative estimate of drug-likeness (QED) is 0.330. The molecule has 0 aliphatic rings. The minimum Gasteiger partial charge on any atom is -0.325 e. The number of para-hydroxylation sites is 1. The Morgan fingerprint density at radius 2 is 1.85 bits per heavy atom. The molecular formula is C22H24N6O3S2. The summed E-state index contributed by atoms with van der Waals surface area (Å²) in [6.07, 6.45) is 0. The van der Waals surface area contributed by atoms with Gasteiger partial charge >= 0.3 is 0 Å². The van der Waals surface area contributed by atoms with E-state index in [2.05, 4.69) is 20.4 Å². The van der Waals surface area contributed by atoms with Crippen LogP contribution in [0.3, 0.4) is 0 Å². The van der Waals surface area contributed by atoms with Gasteiger partial charge in [0.2, 0.25) is 15.9 Å². The Bertz CT molecular complexity index is 1480. The van der Waals surface area contributed by atoms with E-state index in [-0.39, 0.29) is 10.8 Å². The van der Waals surface area contributed by atoms with Crippen LogP contribution in [0.4, 0.5) is 5.69 Å². The first-order valence-corrected chi connectivity index (χ1v) is 12.5. The highest BCUT2D eigenvalue weighted by atomic mass is 32.2. The van der Waals surface area contributed by atoms with E-state index in [9.17, 15) is 13.2 Å². The largest absolute Gasteiger partial charge is 0.325 e. The molecule has 33 heavy (non-hydrogen) atoms. The van der Waals surface area contributed by atoms with Gasteiger partial charge in [0.05, 0.1) is 15.7 Å². The summed E-state index contributed by atoms with van der Waals surface area (Å²) in [5, 5.41) is 8.21. The molecule has 0 aliphatic carbocycles. The van der Waals surface area contributed by atoms with E-state index in [1.165, 1.54) is 38.0 Å². The molecule has 0 aliphatic heterocycles. The summed E-state index contributed by atoms with van der Waals surface area (Å²) in [7, 11) is -0.680. The summed E-state index contributed by atoms with van der Waals surface area (Å²) in [6, 6.07) is 12.3. The maximum Gasteiger partial charge on any atom is 0.242 e. The van der Waals surface area contributed by atoms with Crippen molar-refractivity contribution in [3.63, 3.8) is 0 Å². The second kappa shape index (κ2) is 8.73. The van der Waals surface area contributed by atoms with Crippen molar-refractivity contribution in [2.75, 3.05) is 19.4 Å². The Hall–Kier alpha value is -3.02. The van der Waals surface area contributed by atoms with Gasteiger partial charge in [-0.25, -0.2) is 22.7 Å². The van der Waals surface area contributed by atoms with Crippen molar-refractivity contribution in [1.82, 2.24) is 23.9 Å². The Kier molecular flexibility index (Phi) is 6.12. The number of nitrogens with one attached hydrogen (secondary N) is 1. The number of fused-ring (bicyclic) bond motifs is 3. The maximum absolute atomic E-state index is 13.0. The smallest absolute Gasteiger partial charge is 0.242 e. The molecule has 1 amide bonds. The number of hydrogen-bond donors (Lipinski definition) is 1. The van der Waals surface area contributed by atoms with Gasteiger partial charge < -0.3 is 5.32 Å². The highest BCUT2D eigenvalue weighted by molar-refractivity contribution is 8.00. The Labute approximate surface area is 196 Å². The fourth-order valence-corrected chi connectivity index (χ4v) is 5.05. The number of benzene rings is 2. The van der Waals surface area contributed by atoms with Gasteiger partial charge in [-0.3, -0.25) is 4.79 Å². The molecule has 1 unspecified atom stereocenters. The molecular weight excluding hydrogens is 460 g/mol. The topological polar surface area (TPSA) is 110 Å². The van der Waals surface area contributed by atoms with Crippen molar-refractivity contribution in [3.8, 4) is 0 Å². The second-order valence-corrected chi connectivity index (χ2v) is 11.3. The van der Waals surface area contributed by atoms with Crippen molar-refractivity contribution >= 4 is 49.9 Å². The van der Waals surface area contributed by atoms with Crippen molar-refractivity contribution in [2.24, 2.45) is 0 Å². The Morgan fingerprint density at radius 1 is 1.12 bits per heavy atom. The van der Waals surface area contributed by atoms with E-state index in [0.29, 0.717) is 22.3 Å². The summed E-state index contributed by atoms with van der Waals surface area (Å²) in [5.74, 6) is 0.337. The third-order valence-electron chi connectivity index (χ3n) is 5.15. The monoisotopic (exact) mass is 484 g/mol. The van der Waals surface area contributed by atoms with Gasteiger partial charge in [0.1, 0.15) is 5.82 Å². The van der Waals surface area contributed by atoms with Crippen LogP contribution in [-0.4, -0.2) is 57.6 Å². The zero-order valence-corrected chi connectivity index (χ0v) is 20.5. The van der Waals surface area contributed by atoms with Crippen LogP contribution in [-0.2, 0) is 14.8 Å². The van der Waals surface area contributed by atoms with Gasteiger partial charge in [0, 0.05) is 25.2 Å². The number of hydrogen-bond acceptors (Lipinski definition) is 7. The van der Waals surface area contributed by atoms with Gasteiger partial charge in [-0.1, -0.05) is 30.0 Å². The van der Waals surface area contributed by atoms with Crippen LogP contribution in [0, 0.1) is 13.8 Å². The van der Waals surface area contributed by atoms with Crippen LogP contribution >= 0.6 is 11.8 Å². The van der Waals surface area contributed by atoms with Crippen LogP contribution in [0.5, 0.6) is 0 Å². The van der Waals surface area contributed by atoms with E-state index < -0.39 is 15.3 Å². The fraction of sp³-hybridized carbons (Fsp3) is 0.273. The first-order chi connectivity index (χ1) is 15.6. The minimum absolute atomic E-state index is 0.115. The van der Waals surface area contributed by atoms with E-state index in [4.69, 9.17) is 0 Å². The number of aromatic nitrogens is 4. The van der Waals surface area contributed by atoms with Crippen molar-refractivity contribution in [3.05, 3.63) is 53.9 Å². The molecule has 0 radical (unpaired) electrons. The number of amides is 1. The summed E-state index contributed by atoms with van der Waals surface area (Å²) in [6.45, 7) is 5.39. The number of rotatable bonds is 6. The molecule has 4 aromatic rings. The molecule has 0 saturated carbocycles. The Morgan fingerprint density at radius 3 is 2.58 bits per heavy atom.